The monoisotopic (exact) mass is 477 g/mol. The normalized spacial score (nSPS) is 23.1. The van der Waals surface area contributed by atoms with Gasteiger partial charge in [-0.25, -0.2) is 9.78 Å². The minimum Gasteiger partial charge on any atom is -0.481 e. The van der Waals surface area contributed by atoms with E-state index in [4.69, 9.17) is 9.72 Å². The quantitative estimate of drug-likeness (QED) is 0.557. The van der Waals surface area contributed by atoms with Crippen molar-refractivity contribution >= 4 is 28.8 Å². The van der Waals surface area contributed by atoms with E-state index in [0.29, 0.717) is 18.7 Å². The van der Waals surface area contributed by atoms with Crippen molar-refractivity contribution in [2.45, 2.75) is 63.6 Å². The highest BCUT2D eigenvalue weighted by Crippen LogP contribution is 2.42. The van der Waals surface area contributed by atoms with Crippen LogP contribution in [-0.2, 0) is 16.0 Å². The van der Waals surface area contributed by atoms with Crippen LogP contribution in [0.4, 0.5) is 10.5 Å². The zero-order valence-electron chi connectivity index (χ0n) is 20.1. The Kier molecular flexibility index (Phi) is 6.23. The molecule has 35 heavy (non-hydrogen) atoms. The van der Waals surface area contributed by atoms with Gasteiger partial charge in [0.05, 0.1) is 29.7 Å². The lowest BCUT2D eigenvalue weighted by Crippen LogP contribution is -2.42. The number of anilines is 1. The molecule has 2 N–H and O–H groups in total. The summed E-state index contributed by atoms with van der Waals surface area (Å²) < 4.78 is 7.11. The van der Waals surface area contributed by atoms with E-state index in [1.165, 1.54) is 7.11 Å². The SMILES string of the molecule is COC(=O)N1c2ccc3c(nc([C@H](O)c4ccccc4)n3C3CCC[C@@H](C(=O)O)C3)c2CC[C@@H]1C. The van der Waals surface area contributed by atoms with Gasteiger partial charge in [0.25, 0.3) is 0 Å². The number of fused-ring (bicyclic) bond motifs is 3. The van der Waals surface area contributed by atoms with Crippen LogP contribution in [0.1, 0.15) is 68.1 Å². The number of aliphatic hydroxyl groups is 1. The van der Waals surface area contributed by atoms with Crippen molar-refractivity contribution in [3.8, 4) is 0 Å². The van der Waals surface area contributed by atoms with Crippen molar-refractivity contribution in [1.82, 2.24) is 9.55 Å². The summed E-state index contributed by atoms with van der Waals surface area (Å²) >= 11 is 0. The third-order valence-electron chi connectivity index (χ3n) is 7.57. The number of hydrogen-bond acceptors (Lipinski definition) is 5. The second kappa shape index (κ2) is 9.34. The highest BCUT2D eigenvalue weighted by molar-refractivity contribution is 5.95. The smallest absolute Gasteiger partial charge is 0.414 e. The van der Waals surface area contributed by atoms with E-state index in [0.717, 1.165) is 53.5 Å². The third-order valence-corrected chi connectivity index (χ3v) is 7.57. The number of imidazole rings is 1. The summed E-state index contributed by atoms with van der Waals surface area (Å²) in [5.41, 5.74) is 4.08. The molecule has 1 fully saturated rings. The number of aliphatic hydroxyl groups excluding tert-OH is 1. The van der Waals surface area contributed by atoms with E-state index in [2.05, 4.69) is 4.57 Å². The number of rotatable bonds is 4. The van der Waals surface area contributed by atoms with Crippen molar-refractivity contribution in [3.63, 3.8) is 0 Å². The first kappa shape index (κ1) is 23.4. The molecule has 0 saturated heterocycles. The topological polar surface area (TPSA) is 105 Å². The molecule has 1 aliphatic heterocycles. The maximum atomic E-state index is 12.6. The van der Waals surface area contributed by atoms with Gasteiger partial charge in [-0.15, -0.1) is 0 Å². The van der Waals surface area contributed by atoms with Crippen LogP contribution in [0.25, 0.3) is 11.0 Å². The van der Waals surface area contributed by atoms with E-state index < -0.39 is 24.1 Å². The molecule has 1 saturated carbocycles. The van der Waals surface area contributed by atoms with E-state index in [-0.39, 0.29) is 12.1 Å². The van der Waals surface area contributed by atoms with Gasteiger partial charge in [0, 0.05) is 17.6 Å². The van der Waals surface area contributed by atoms with Gasteiger partial charge in [-0.3, -0.25) is 9.69 Å². The number of aliphatic carboxylic acids is 1. The number of carbonyl (C=O) groups is 2. The molecule has 1 unspecified atom stereocenters. The highest BCUT2D eigenvalue weighted by atomic mass is 16.5. The van der Waals surface area contributed by atoms with Gasteiger partial charge in [0.1, 0.15) is 11.9 Å². The lowest BCUT2D eigenvalue weighted by atomic mass is 9.85. The van der Waals surface area contributed by atoms with Gasteiger partial charge in [-0.1, -0.05) is 36.8 Å². The number of aromatic nitrogens is 2. The number of aryl methyl sites for hydroxylation is 1. The minimum atomic E-state index is -0.955. The second-order valence-corrected chi connectivity index (χ2v) is 9.67. The highest BCUT2D eigenvalue weighted by Gasteiger charge is 2.35. The Bertz CT molecular complexity index is 1250. The van der Waals surface area contributed by atoms with Gasteiger partial charge in [-0.2, -0.15) is 0 Å². The molecule has 0 radical (unpaired) electrons. The maximum Gasteiger partial charge on any atom is 0.414 e. The molecule has 1 aliphatic carbocycles. The molecule has 2 aliphatic rings. The molecule has 5 rings (SSSR count). The number of carbonyl (C=O) groups excluding carboxylic acids is 1. The van der Waals surface area contributed by atoms with Crippen molar-refractivity contribution in [2.24, 2.45) is 5.92 Å². The lowest BCUT2D eigenvalue weighted by Gasteiger charge is -2.34. The number of methoxy groups -OCH3 is 1. The van der Waals surface area contributed by atoms with Gasteiger partial charge in [-0.05, 0) is 56.7 Å². The first-order chi connectivity index (χ1) is 16.9. The molecule has 4 atom stereocenters. The molecule has 0 spiro atoms. The molecule has 8 heteroatoms. The van der Waals surface area contributed by atoms with Crippen LogP contribution in [0.2, 0.25) is 0 Å². The summed E-state index contributed by atoms with van der Waals surface area (Å²) in [5.74, 6) is -0.676. The van der Waals surface area contributed by atoms with Crippen LogP contribution in [0.3, 0.4) is 0 Å². The fraction of sp³-hybridized carbons (Fsp3) is 0.444. The summed E-state index contributed by atoms with van der Waals surface area (Å²) in [5, 5.41) is 21.1. The van der Waals surface area contributed by atoms with Gasteiger partial charge in [0.15, 0.2) is 0 Å². The third kappa shape index (κ3) is 4.05. The van der Waals surface area contributed by atoms with Gasteiger partial charge in [0.2, 0.25) is 0 Å². The zero-order chi connectivity index (χ0) is 24.7. The van der Waals surface area contributed by atoms with Crippen LogP contribution in [0.5, 0.6) is 0 Å². The molecule has 1 aromatic heterocycles. The fourth-order valence-electron chi connectivity index (χ4n) is 5.78. The summed E-state index contributed by atoms with van der Waals surface area (Å²) in [4.78, 5) is 31.0. The van der Waals surface area contributed by atoms with E-state index in [1.54, 1.807) is 4.90 Å². The molecule has 3 aromatic rings. The van der Waals surface area contributed by atoms with Crippen LogP contribution in [0.15, 0.2) is 42.5 Å². The van der Waals surface area contributed by atoms with Crippen molar-refractivity contribution in [3.05, 3.63) is 59.4 Å². The Morgan fingerprint density at radius 3 is 2.60 bits per heavy atom. The molecule has 8 nitrogen and oxygen atoms in total. The average molecular weight is 478 g/mol. The predicted octanol–water partition coefficient (Wildman–Crippen LogP) is 4.84. The van der Waals surface area contributed by atoms with Crippen LogP contribution in [-0.4, -0.2) is 45.0 Å². The molecular weight excluding hydrogens is 446 g/mol. The van der Waals surface area contributed by atoms with Crippen molar-refractivity contribution in [2.75, 3.05) is 12.0 Å². The Balaban J connectivity index is 1.69. The first-order valence-electron chi connectivity index (χ1n) is 12.3. The Morgan fingerprint density at radius 1 is 1.11 bits per heavy atom. The second-order valence-electron chi connectivity index (χ2n) is 9.67. The summed E-state index contributed by atoms with van der Waals surface area (Å²) in [6, 6.07) is 13.2. The number of amides is 1. The number of nitrogens with zero attached hydrogens (tertiary/aromatic N) is 3. The molecule has 184 valence electrons. The Labute approximate surface area is 204 Å². The molecule has 0 bridgehead atoms. The van der Waals surface area contributed by atoms with Gasteiger partial charge < -0.3 is 19.5 Å². The van der Waals surface area contributed by atoms with E-state index in [1.807, 2.05) is 49.4 Å². The maximum absolute atomic E-state index is 12.6. The molecule has 1 amide bonds. The number of ether oxygens (including phenoxy) is 1. The number of hydrogen-bond donors (Lipinski definition) is 2. The molecular formula is C27H31N3O5. The number of benzene rings is 2. The lowest BCUT2D eigenvalue weighted by molar-refractivity contribution is -0.143. The fourth-order valence-corrected chi connectivity index (χ4v) is 5.78. The largest absolute Gasteiger partial charge is 0.481 e. The number of carboxylic acids is 1. The minimum absolute atomic E-state index is 0.00136. The summed E-state index contributed by atoms with van der Waals surface area (Å²) in [6.07, 6.45) is 2.96. The predicted molar refractivity (Wildman–Crippen MR) is 132 cm³/mol. The van der Waals surface area contributed by atoms with Crippen molar-refractivity contribution < 1.29 is 24.5 Å². The summed E-state index contributed by atoms with van der Waals surface area (Å²) in [6.45, 7) is 2.00. The average Bonchev–Trinajstić information content (AvgIpc) is 3.28. The van der Waals surface area contributed by atoms with Crippen LogP contribution in [0, 0.1) is 5.92 Å². The van der Waals surface area contributed by atoms with E-state index >= 15 is 0 Å². The van der Waals surface area contributed by atoms with Crippen LogP contribution < -0.4 is 4.90 Å². The molecule has 2 heterocycles. The standard InChI is InChI=1S/C27H31N3O5/c1-16-11-12-20-21(29(16)27(34)35-2)13-14-22-23(20)28-25(24(31)17-7-4-3-5-8-17)30(22)19-10-6-9-18(15-19)26(32)33/h3-5,7-8,13-14,16,18-19,24,31H,6,9-12,15H2,1-2H3,(H,32,33)/t16-,18+,19?,24+/m0/s1. The van der Waals surface area contributed by atoms with Crippen molar-refractivity contribution in [1.29, 1.82) is 0 Å². The Morgan fingerprint density at radius 2 is 1.89 bits per heavy atom. The number of carboxylic acid groups (broad SMARTS) is 1. The molecule has 2 aromatic carbocycles. The van der Waals surface area contributed by atoms with E-state index in [9.17, 15) is 19.8 Å². The Hall–Kier alpha value is -3.39. The zero-order valence-corrected chi connectivity index (χ0v) is 20.1. The van der Waals surface area contributed by atoms with Crippen LogP contribution >= 0.6 is 0 Å². The summed E-state index contributed by atoms with van der Waals surface area (Å²) in [7, 11) is 1.38. The first-order valence-corrected chi connectivity index (χ1v) is 12.3. The van der Waals surface area contributed by atoms with Gasteiger partial charge >= 0.3 is 12.1 Å².